The van der Waals surface area contributed by atoms with Gasteiger partial charge in [0.2, 0.25) is 0 Å². The fourth-order valence-electron chi connectivity index (χ4n) is 1.98. The lowest BCUT2D eigenvalue weighted by molar-refractivity contribution is -0.143. The van der Waals surface area contributed by atoms with Gasteiger partial charge in [-0.3, -0.25) is 0 Å². The van der Waals surface area contributed by atoms with Crippen molar-refractivity contribution in [2.45, 2.75) is 25.3 Å². The highest BCUT2D eigenvalue weighted by Crippen LogP contribution is 2.33. The summed E-state index contributed by atoms with van der Waals surface area (Å²) in [6.07, 6.45) is 3.21. The summed E-state index contributed by atoms with van der Waals surface area (Å²) in [5.41, 5.74) is 1.04. The molecule has 1 aromatic rings. The van der Waals surface area contributed by atoms with Gasteiger partial charge in [-0.25, -0.2) is 0 Å². The Morgan fingerprint density at radius 1 is 1.29 bits per heavy atom. The minimum Gasteiger partial charge on any atom is -0.313 e. The van der Waals surface area contributed by atoms with E-state index >= 15 is 0 Å². The van der Waals surface area contributed by atoms with E-state index in [-0.39, 0.29) is 6.04 Å². The van der Waals surface area contributed by atoms with Crippen molar-refractivity contribution >= 4 is 11.6 Å². The summed E-state index contributed by atoms with van der Waals surface area (Å²) in [6, 6.07) is 7.82. The Morgan fingerprint density at radius 3 is 2.79 bits per heavy atom. The first-order chi connectivity index (χ1) is 6.79. The Labute approximate surface area is 89.1 Å². The minimum absolute atomic E-state index is 0.0810. The molecule has 2 nitrogen and oxygen atoms in total. The number of nitrogens with zero attached hydrogens (tertiary/aromatic N) is 1. The molecular weight excluding hydrogens is 198 g/mol. The highest BCUT2D eigenvalue weighted by molar-refractivity contribution is 6.31. The van der Waals surface area contributed by atoms with Crippen LogP contribution in [0.4, 0.5) is 0 Å². The first-order valence-electron chi connectivity index (χ1n) is 4.99. The predicted octanol–water partition coefficient (Wildman–Crippen LogP) is 3.26. The van der Waals surface area contributed by atoms with E-state index in [4.69, 9.17) is 11.6 Å². The van der Waals surface area contributed by atoms with Crippen LogP contribution in [0.25, 0.3) is 0 Å². The van der Waals surface area contributed by atoms with E-state index in [1.165, 1.54) is 5.06 Å². The number of hydroxylamine groups is 2. The molecule has 1 atom stereocenters. The Balaban J connectivity index is 2.25. The van der Waals surface area contributed by atoms with E-state index in [1.807, 2.05) is 24.3 Å². The Hall–Kier alpha value is -0.570. The first-order valence-corrected chi connectivity index (χ1v) is 5.37. The molecule has 0 bridgehead atoms. The van der Waals surface area contributed by atoms with E-state index in [9.17, 15) is 5.21 Å². The maximum atomic E-state index is 9.72. The second-order valence-electron chi connectivity index (χ2n) is 3.70. The third kappa shape index (κ3) is 1.92. The summed E-state index contributed by atoms with van der Waals surface area (Å²) < 4.78 is 0. The minimum atomic E-state index is 0.0810. The third-order valence-corrected chi connectivity index (χ3v) is 3.08. The lowest BCUT2D eigenvalue weighted by Gasteiger charge is -2.31. The molecule has 1 aromatic carbocycles. The summed E-state index contributed by atoms with van der Waals surface area (Å²) in [4.78, 5) is 0. The van der Waals surface area contributed by atoms with Crippen molar-refractivity contribution in [2.75, 3.05) is 6.54 Å². The normalized spacial score (nSPS) is 23.7. The smallest absolute Gasteiger partial charge is 0.0614 e. The molecule has 3 heteroatoms. The van der Waals surface area contributed by atoms with Gasteiger partial charge in [0.25, 0.3) is 0 Å². The first kappa shape index (κ1) is 9.97. The molecule has 1 saturated heterocycles. The summed E-state index contributed by atoms with van der Waals surface area (Å²) in [7, 11) is 0. The van der Waals surface area contributed by atoms with Gasteiger partial charge in [0.05, 0.1) is 6.04 Å². The van der Waals surface area contributed by atoms with Crippen LogP contribution in [0, 0.1) is 0 Å². The van der Waals surface area contributed by atoms with E-state index in [2.05, 4.69) is 0 Å². The third-order valence-electron chi connectivity index (χ3n) is 2.74. The quantitative estimate of drug-likeness (QED) is 0.771. The molecule has 0 saturated carbocycles. The van der Waals surface area contributed by atoms with Crippen molar-refractivity contribution in [2.24, 2.45) is 0 Å². The molecule has 0 spiro atoms. The van der Waals surface area contributed by atoms with Crippen molar-refractivity contribution < 1.29 is 5.21 Å². The average molecular weight is 212 g/mol. The summed E-state index contributed by atoms with van der Waals surface area (Å²) in [5, 5.41) is 11.9. The van der Waals surface area contributed by atoms with Crippen molar-refractivity contribution in [3.05, 3.63) is 34.9 Å². The number of rotatable bonds is 1. The van der Waals surface area contributed by atoms with Crippen molar-refractivity contribution in [1.29, 1.82) is 0 Å². The van der Waals surface area contributed by atoms with Crippen molar-refractivity contribution in [1.82, 2.24) is 5.06 Å². The Morgan fingerprint density at radius 2 is 2.07 bits per heavy atom. The molecule has 1 aliphatic heterocycles. The van der Waals surface area contributed by atoms with Gasteiger partial charge in [-0.2, -0.15) is 5.06 Å². The predicted molar refractivity (Wildman–Crippen MR) is 56.5 cm³/mol. The number of halogens is 1. The van der Waals surface area contributed by atoms with Crippen LogP contribution < -0.4 is 0 Å². The molecule has 1 N–H and O–H groups in total. The average Bonchev–Trinajstić information content (AvgIpc) is 2.20. The number of hydrogen-bond donors (Lipinski definition) is 1. The molecule has 1 aliphatic rings. The van der Waals surface area contributed by atoms with Crippen LogP contribution in [0.2, 0.25) is 5.02 Å². The standard InChI is InChI=1S/C11H14ClNO/c12-10-6-2-1-5-9(10)11-7-3-4-8-13(11)14/h1-2,5-6,11,14H,3-4,7-8H2. The van der Waals surface area contributed by atoms with Crippen LogP contribution in [0.5, 0.6) is 0 Å². The molecule has 0 aliphatic carbocycles. The molecular formula is C11H14ClNO. The van der Waals surface area contributed by atoms with Gasteiger partial charge in [0.15, 0.2) is 0 Å². The number of benzene rings is 1. The lowest BCUT2D eigenvalue weighted by atomic mass is 9.97. The fraction of sp³-hybridized carbons (Fsp3) is 0.455. The summed E-state index contributed by atoms with van der Waals surface area (Å²) >= 11 is 6.09. The van der Waals surface area contributed by atoms with Gasteiger partial charge in [-0.05, 0) is 24.5 Å². The molecule has 0 aromatic heterocycles. The van der Waals surface area contributed by atoms with Crippen LogP contribution in [0.15, 0.2) is 24.3 Å². The van der Waals surface area contributed by atoms with E-state index in [0.717, 1.165) is 36.4 Å². The van der Waals surface area contributed by atoms with Crippen LogP contribution in [0.1, 0.15) is 30.9 Å². The van der Waals surface area contributed by atoms with Gasteiger partial charge in [-0.1, -0.05) is 36.2 Å². The SMILES string of the molecule is ON1CCCCC1c1ccccc1Cl. The van der Waals surface area contributed by atoms with Crippen molar-refractivity contribution in [3.63, 3.8) is 0 Å². The fourth-order valence-corrected chi connectivity index (χ4v) is 2.24. The zero-order valence-electron chi connectivity index (χ0n) is 7.99. The molecule has 0 amide bonds. The Kier molecular flexibility index (Phi) is 3.06. The molecule has 14 heavy (non-hydrogen) atoms. The van der Waals surface area contributed by atoms with Crippen LogP contribution in [-0.2, 0) is 0 Å². The van der Waals surface area contributed by atoms with Crippen LogP contribution >= 0.6 is 11.6 Å². The number of piperidine rings is 1. The zero-order valence-corrected chi connectivity index (χ0v) is 8.74. The summed E-state index contributed by atoms with van der Waals surface area (Å²) in [6.45, 7) is 0.746. The molecule has 2 rings (SSSR count). The molecule has 1 heterocycles. The van der Waals surface area contributed by atoms with Gasteiger partial charge in [0, 0.05) is 11.6 Å². The molecule has 1 fully saturated rings. The van der Waals surface area contributed by atoms with Gasteiger partial charge >= 0.3 is 0 Å². The van der Waals surface area contributed by atoms with Gasteiger partial charge in [-0.15, -0.1) is 0 Å². The number of hydrogen-bond acceptors (Lipinski definition) is 2. The highest BCUT2D eigenvalue weighted by atomic mass is 35.5. The van der Waals surface area contributed by atoms with Crippen LogP contribution in [-0.4, -0.2) is 16.8 Å². The van der Waals surface area contributed by atoms with Gasteiger partial charge < -0.3 is 5.21 Å². The van der Waals surface area contributed by atoms with E-state index < -0.39 is 0 Å². The lowest BCUT2D eigenvalue weighted by Crippen LogP contribution is -2.30. The van der Waals surface area contributed by atoms with Crippen LogP contribution in [0.3, 0.4) is 0 Å². The highest BCUT2D eigenvalue weighted by Gasteiger charge is 2.23. The largest absolute Gasteiger partial charge is 0.313 e. The molecule has 76 valence electrons. The zero-order chi connectivity index (χ0) is 9.97. The van der Waals surface area contributed by atoms with E-state index in [1.54, 1.807) is 0 Å². The molecule has 1 unspecified atom stereocenters. The molecule has 0 radical (unpaired) electrons. The van der Waals surface area contributed by atoms with Gasteiger partial charge in [0.1, 0.15) is 0 Å². The van der Waals surface area contributed by atoms with E-state index in [0.29, 0.717) is 0 Å². The van der Waals surface area contributed by atoms with Crippen molar-refractivity contribution in [3.8, 4) is 0 Å². The second-order valence-corrected chi connectivity index (χ2v) is 4.10. The maximum absolute atomic E-state index is 9.72. The second kappa shape index (κ2) is 4.30. The monoisotopic (exact) mass is 211 g/mol. The summed E-state index contributed by atoms with van der Waals surface area (Å²) in [5.74, 6) is 0. The topological polar surface area (TPSA) is 23.5 Å². The maximum Gasteiger partial charge on any atom is 0.0614 e. The Bertz CT molecular complexity index is 316.